The first kappa shape index (κ1) is 14.9. The Labute approximate surface area is 125 Å². The fraction of sp³-hybridized carbons (Fsp3) is 0.500. The van der Waals surface area contributed by atoms with Crippen LogP contribution in [-0.4, -0.2) is 61.6 Å². The molecule has 1 aliphatic heterocycles. The second-order valence-corrected chi connectivity index (χ2v) is 5.07. The van der Waals surface area contributed by atoms with Gasteiger partial charge in [0.05, 0.1) is 12.3 Å². The summed E-state index contributed by atoms with van der Waals surface area (Å²) in [7, 11) is 1.68. The first-order valence-corrected chi connectivity index (χ1v) is 7.18. The number of para-hydroxylation sites is 2. The summed E-state index contributed by atoms with van der Waals surface area (Å²) in [5, 5.41) is 13.8. The lowest BCUT2D eigenvalue weighted by molar-refractivity contribution is 0.202. The van der Waals surface area contributed by atoms with Crippen molar-refractivity contribution in [2.75, 3.05) is 51.3 Å². The number of piperazine rings is 1. The Kier molecular flexibility index (Phi) is 5.43. The van der Waals surface area contributed by atoms with Crippen LogP contribution in [0.4, 0.5) is 5.69 Å². The molecule has 1 aliphatic rings. The fourth-order valence-electron chi connectivity index (χ4n) is 2.25. The molecule has 1 fully saturated rings. The van der Waals surface area contributed by atoms with E-state index in [1.165, 1.54) is 0 Å². The van der Waals surface area contributed by atoms with Crippen molar-refractivity contribution in [2.45, 2.75) is 0 Å². The van der Waals surface area contributed by atoms with E-state index in [1.54, 1.807) is 13.2 Å². The third kappa shape index (κ3) is 3.74. The third-order valence-corrected chi connectivity index (χ3v) is 3.77. The first-order chi connectivity index (χ1) is 9.72. The Morgan fingerprint density at radius 1 is 1.30 bits per heavy atom. The number of methoxy groups -OCH3 is 1. The van der Waals surface area contributed by atoms with E-state index in [1.807, 2.05) is 18.2 Å². The average Bonchev–Trinajstić information content (AvgIpc) is 2.48. The Morgan fingerprint density at radius 3 is 2.65 bits per heavy atom. The Balaban J connectivity index is 1.83. The number of thiocarbonyl (C=S) groups is 1. The summed E-state index contributed by atoms with van der Waals surface area (Å²) in [6, 6.07) is 7.45. The molecular weight excluding hydrogens is 274 g/mol. The number of nitrogens with zero attached hydrogens (tertiary/aromatic N) is 2. The predicted molar refractivity (Wildman–Crippen MR) is 84.4 cm³/mol. The molecule has 5 nitrogen and oxygen atoms in total. The molecule has 0 radical (unpaired) electrons. The summed E-state index contributed by atoms with van der Waals surface area (Å²) in [6.07, 6.45) is 0. The van der Waals surface area contributed by atoms with E-state index in [0.29, 0.717) is 12.4 Å². The molecule has 6 heteroatoms. The molecule has 1 saturated heterocycles. The third-order valence-electron chi connectivity index (χ3n) is 3.37. The van der Waals surface area contributed by atoms with Gasteiger partial charge in [-0.15, -0.1) is 0 Å². The fourth-order valence-corrected chi connectivity index (χ4v) is 2.54. The molecule has 0 spiro atoms. The molecule has 1 aromatic rings. The van der Waals surface area contributed by atoms with Gasteiger partial charge in [0, 0.05) is 39.8 Å². The van der Waals surface area contributed by atoms with Gasteiger partial charge in [-0.05, 0) is 24.4 Å². The van der Waals surface area contributed by atoms with Crippen LogP contribution in [0, 0.1) is 0 Å². The molecular formula is C14H21N3O2S. The first-order valence-electron chi connectivity index (χ1n) is 6.77. The highest BCUT2D eigenvalue weighted by atomic mass is 32.1. The zero-order valence-corrected chi connectivity index (χ0v) is 12.5. The predicted octanol–water partition coefficient (Wildman–Crippen LogP) is 1.04. The van der Waals surface area contributed by atoms with Crippen molar-refractivity contribution in [3.8, 4) is 5.75 Å². The minimum atomic E-state index is 0.335. The van der Waals surface area contributed by atoms with Crippen molar-refractivity contribution in [2.24, 2.45) is 0 Å². The van der Waals surface area contributed by atoms with E-state index < -0.39 is 0 Å². The van der Waals surface area contributed by atoms with Crippen LogP contribution in [0.3, 0.4) is 0 Å². The van der Waals surface area contributed by atoms with E-state index >= 15 is 0 Å². The van der Waals surface area contributed by atoms with Crippen molar-refractivity contribution >= 4 is 23.0 Å². The summed E-state index contributed by atoms with van der Waals surface area (Å²) in [5.41, 5.74) is 0.894. The van der Waals surface area contributed by atoms with Gasteiger partial charge in [0.2, 0.25) is 0 Å². The van der Waals surface area contributed by atoms with E-state index in [2.05, 4.69) is 15.1 Å². The van der Waals surface area contributed by atoms with Gasteiger partial charge in [0.25, 0.3) is 0 Å². The number of hydrogen-bond acceptors (Lipinski definition) is 4. The van der Waals surface area contributed by atoms with Gasteiger partial charge in [-0.25, -0.2) is 0 Å². The molecule has 2 rings (SSSR count). The number of aromatic hydroxyl groups is 1. The molecule has 1 aromatic carbocycles. The number of ether oxygens (including phenoxy) is 1. The maximum Gasteiger partial charge on any atom is 0.169 e. The Bertz CT molecular complexity index is 448. The van der Waals surface area contributed by atoms with Gasteiger partial charge in [0.15, 0.2) is 5.11 Å². The number of nitrogens with one attached hydrogen (secondary N) is 1. The smallest absolute Gasteiger partial charge is 0.169 e. The molecule has 1 heterocycles. The highest BCUT2D eigenvalue weighted by molar-refractivity contribution is 7.80. The molecule has 0 unspecified atom stereocenters. The van der Waals surface area contributed by atoms with Gasteiger partial charge in [-0.3, -0.25) is 0 Å². The Morgan fingerprint density at radius 2 is 2.00 bits per heavy atom. The van der Waals surface area contributed by atoms with Crippen LogP contribution in [0.2, 0.25) is 0 Å². The van der Waals surface area contributed by atoms with E-state index in [9.17, 15) is 5.11 Å². The van der Waals surface area contributed by atoms with E-state index in [-0.39, 0.29) is 0 Å². The summed E-state index contributed by atoms with van der Waals surface area (Å²) in [5.74, 6) is 0.335. The second kappa shape index (κ2) is 7.31. The minimum absolute atomic E-state index is 0.335. The van der Waals surface area contributed by atoms with E-state index in [0.717, 1.165) is 43.5 Å². The number of hydrogen-bond donors (Lipinski definition) is 2. The number of rotatable bonds is 4. The lowest BCUT2D eigenvalue weighted by atomic mass is 10.2. The molecule has 0 aromatic heterocycles. The highest BCUT2D eigenvalue weighted by Crippen LogP contribution is 2.27. The van der Waals surface area contributed by atoms with Crippen LogP contribution in [0.15, 0.2) is 24.3 Å². The summed E-state index contributed by atoms with van der Waals surface area (Å²) in [6.45, 7) is 4.79. The van der Waals surface area contributed by atoms with Crippen molar-refractivity contribution in [3.63, 3.8) is 0 Å². The molecule has 0 aliphatic carbocycles. The van der Waals surface area contributed by atoms with Crippen LogP contribution in [0.25, 0.3) is 0 Å². The quantitative estimate of drug-likeness (QED) is 0.639. The van der Waals surface area contributed by atoms with Crippen LogP contribution in [-0.2, 0) is 4.74 Å². The second-order valence-electron chi connectivity index (χ2n) is 4.69. The zero-order chi connectivity index (χ0) is 14.4. The standard InChI is InChI=1S/C14H21N3O2S/c1-19-11-6-15-14(20)17-9-7-16(8-10-17)12-4-2-3-5-13(12)18/h2-5,18H,6-11H2,1H3,(H,15,20). The summed E-state index contributed by atoms with van der Waals surface area (Å²) in [4.78, 5) is 4.34. The molecule has 110 valence electrons. The van der Waals surface area contributed by atoms with Crippen molar-refractivity contribution in [1.82, 2.24) is 10.2 Å². The average molecular weight is 295 g/mol. The van der Waals surface area contributed by atoms with Gasteiger partial charge in [-0.1, -0.05) is 12.1 Å². The summed E-state index contributed by atoms with van der Waals surface area (Å²) >= 11 is 5.36. The number of anilines is 1. The SMILES string of the molecule is COCCNC(=S)N1CCN(c2ccccc2O)CC1. The van der Waals surface area contributed by atoms with Gasteiger partial charge >= 0.3 is 0 Å². The lowest BCUT2D eigenvalue weighted by Gasteiger charge is -2.37. The molecule has 0 atom stereocenters. The van der Waals surface area contributed by atoms with Crippen molar-refractivity contribution in [3.05, 3.63) is 24.3 Å². The number of benzene rings is 1. The lowest BCUT2D eigenvalue weighted by Crippen LogP contribution is -2.52. The summed E-state index contributed by atoms with van der Waals surface area (Å²) < 4.78 is 4.99. The largest absolute Gasteiger partial charge is 0.506 e. The maximum atomic E-state index is 9.87. The Hall–Kier alpha value is -1.53. The topological polar surface area (TPSA) is 48.0 Å². The van der Waals surface area contributed by atoms with Gasteiger partial charge in [0.1, 0.15) is 5.75 Å². The van der Waals surface area contributed by atoms with Crippen LogP contribution < -0.4 is 10.2 Å². The van der Waals surface area contributed by atoms with Crippen molar-refractivity contribution < 1.29 is 9.84 Å². The maximum absolute atomic E-state index is 9.87. The van der Waals surface area contributed by atoms with Crippen molar-refractivity contribution in [1.29, 1.82) is 0 Å². The van der Waals surface area contributed by atoms with Crippen LogP contribution in [0.5, 0.6) is 5.75 Å². The molecule has 0 saturated carbocycles. The number of phenolic OH excluding ortho intramolecular Hbond substituents is 1. The van der Waals surface area contributed by atoms with Crippen LogP contribution >= 0.6 is 12.2 Å². The molecule has 0 bridgehead atoms. The number of phenols is 1. The normalized spacial score (nSPS) is 15.2. The van der Waals surface area contributed by atoms with Crippen LogP contribution in [0.1, 0.15) is 0 Å². The molecule has 0 amide bonds. The zero-order valence-electron chi connectivity index (χ0n) is 11.7. The van der Waals surface area contributed by atoms with Gasteiger partial charge in [-0.2, -0.15) is 0 Å². The van der Waals surface area contributed by atoms with E-state index in [4.69, 9.17) is 17.0 Å². The highest BCUT2D eigenvalue weighted by Gasteiger charge is 2.20. The van der Waals surface area contributed by atoms with Gasteiger partial charge < -0.3 is 25.0 Å². The molecule has 2 N–H and O–H groups in total. The monoisotopic (exact) mass is 295 g/mol. The molecule has 20 heavy (non-hydrogen) atoms. The minimum Gasteiger partial charge on any atom is -0.506 e.